The molecule has 3 aromatic rings. The summed E-state index contributed by atoms with van der Waals surface area (Å²) in [4.78, 5) is 12.1. The highest BCUT2D eigenvalue weighted by Gasteiger charge is 2.12. The number of aryl methyl sites for hydroxylation is 2. The van der Waals surface area contributed by atoms with Gasteiger partial charge in [-0.25, -0.2) is 4.98 Å². The number of fused-ring (bicyclic) bond motifs is 1. The maximum absolute atomic E-state index is 5.89. The van der Waals surface area contributed by atoms with Gasteiger partial charge in [0.25, 0.3) is 0 Å². The Labute approximate surface area is 169 Å². The van der Waals surface area contributed by atoms with Crippen LogP contribution in [-0.4, -0.2) is 29.9 Å². The first-order valence-electron chi connectivity index (χ1n) is 7.89. The summed E-state index contributed by atoms with van der Waals surface area (Å²) < 4.78 is 5.89. The van der Waals surface area contributed by atoms with Crippen molar-refractivity contribution in [1.29, 1.82) is 0 Å². The minimum atomic E-state index is 0. The first kappa shape index (κ1) is 19.7. The summed E-state index contributed by atoms with van der Waals surface area (Å²) in [6, 6.07) is 10.1. The lowest BCUT2D eigenvalue weighted by Gasteiger charge is -2.20. The van der Waals surface area contributed by atoms with Gasteiger partial charge in [-0.1, -0.05) is 18.2 Å². The van der Waals surface area contributed by atoms with Crippen molar-refractivity contribution in [2.24, 2.45) is 4.99 Å². The minimum absolute atomic E-state index is 0. The monoisotopic (exact) mass is 470 g/mol. The Morgan fingerprint density at radius 3 is 2.72 bits per heavy atom. The molecule has 0 aliphatic carbocycles. The Balaban J connectivity index is 0.00000225. The summed E-state index contributed by atoms with van der Waals surface area (Å²) in [6.45, 7) is 5.47. The molecule has 1 aromatic carbocycles. The van der Waals surface area contributed by atoms with Crippen LogP contribution in [0.1, 0.15) is 21.3 Å². The van der Waals surface area contributed by atoms with E-state index in [0.29, 0.717) is 6.54 Å². The van der Waals surface area contributed by atoms with Gasteiger partial charge in [0.2, 0.25) is 0 Å². The summed E-state index contributed by atoms with van der Waals surface area (Å²) in [5.41, 5.74) is 2.00. The zero-order valence-corrected chi connectivity index (χ0v) is 18.0. The third-order valence-electron chi connectivity index (χ3n) is 3.85. The molecule has 0 saturated carbocycles. The van der Waals surface area contributed by atoms with Gasteiger partial charge >= 0.3 is 0 Å². The van der Waals surface area contributed by atoms with Gasteiger partial charge in [-0.05, 0) is 26.0 Å². The van der Waals surface area contributed by atoms with Crippen molar-refractivity contribution >= 4 is 52.2 Å². The Kier molecular flexibility index (Phi) is 6.83. The van der Waals surface area contributed by atoms with E-state index in [2.05, 4.69) is 32.3 Å². The van der Waals surface area contributed by atoms with Gasteiger partial charge in [0, 0.05) is 24.4 Å². The van der Waals surface area contributed by atoms with Crippen molar-refractivity contribution in [3.63, 3.8) is 0 Å². The fraction of sp³-hybridized carbons (Fsp3) is 0.333. The molecule has 5 nitrogen and oxygen atoms in total. The summed E-state index contributed by atoms with van der Waals surface area (Å²) in [6.07, 6.45) is 0. The van der Waals surface area contributed by atoms with Crippen molar-refractivity contribution in [1.82, 2.24) is 15.2 Å². The molecule has 0 aliphatic heterocycles. The second-order valence-corrected chi connectivity index (χ2v) is 7.04. The van der Waals surface area contributed by atoms with Crippen LogP contribution >= 0.6 is 35.3 Å². The van der Waals surface area contributed by atoms with E-state index in [0.717, 1.165) is 39.9 Å². The van der Waals surface area contributed by atoms with Crippen molar-refractivity contribution in [2.75, 3.05) is 14.1 Å². The van der Waals surface area contributed by atoms with Gasteiger partial charge in [0.15, 0.2) is 5.96 Å². The van der Waals surface area contributed by atoms with E-state index >= 15 is 0 Å². The number of furan rings is 1. The Morgan fingerprint density at radius 1 is 1.32 bits per heavy atom. The number of nitrogens with one attached hydrogen (secondary N) is 1. The number of para-hydroxylation sites is 1. The lowest BCUT2D eigenvalue weighted by molar-refractivity contribution is 0.412. The second kappa shape index (κ2) is 8.66. The lowest BCUT2D eigenvalue weighted by atomic mass is 10.2. The van der Waals surface area contributed by atoms with E-state index in [9.17, 15) is 0 Å². The summed E-state index contributed by atoms with van der Waals surface area (Å²) in [5, 5.41) is 5.62. The van der Waals surface area contributed by atoms with E-state index in [-0.39, 0.29) is 24.0 Å². The first-order valence-corrected chi connectivity index (χ1v) is 8.70. The van der Waals surface area contributed by atoms with Gasteiger partial charge in [-0.3, -0.25) is 4.99 Å². The van der Waals surface area contributed by atoms with E-state index < -0.39 is 0 Å². The molecule has 2 aromatic heterocycles. The molecule has 0 bridgehead atoms. The number of guanidine groups is 1. The van der Waals surface area contributed by atoms with Crippen LogP contribution in [0.25, 0.3) is 11.0 Å². The molecule has 3 rings (SSSR count). The maximum Gasteiger partial charge on any atom is 0.194 e. The SMILES string of the molecule is CN=C(NCc1sc(C)nc1C)N(C)Cc1cc2ccccc2o1.I. The number of benzene rings is 1. The molecule has 0 fully saturated rings. The lowest BCUT2D eigenvalue weighted by Crippen LogP contribution is -2.37. The predicted octanol–water partition coefficient (Wildman–Crippen LogP) is 4.33. The van der Waals surface area contributed by atoms with Gasteiger partial charge in [-0.15, -0.1) is 35.3 Å². The van der Waals surface area contributed by atoms with Crippen molar-refractivity contribution < 1.29 is 4.42 Å². The molecule has 0 saturated heterocycles. The molecular formula is C18H23IN4OS. The first-order chi connectivity index (χ1) is 11.6. The highest BCUT2D eigenvalue weighted by Crippen LogP contribution is 2.20. The Bertz CT molecular complexity index is 838. The zero-order valence-electron chi connectivity index (χ0n) is 14.9. The molecule has 0 spiro atoms. The molecule has 0 aliphatic rings. The van der Waals surface area contributed by atoms with E-state index in [4.69, 9.17) is 4.42 Å². The Hall–Kier alpha value is -1.61. The summed E-state index contributed by atoms with van der Waals surface area (Å²) in [5.74, 6) is 1.76. The number of halogens is 1. The third kappa shape index (κ3) is 4.72. The van der Waals surface area contributed by atoms with Crippen LogP contribution in [0.3, 0.4) is 0 Å². The third-order valence-corrected chi connectivity index (χ3v) is 4.92. The highest BCUT2D eigenvalue weighted by molar-refractivity contribution is 14.0. The molecule has 2 heterocycles. The second-order valence-electron chi connectivity index (χ2n) is 5.75. The zero-order chi connectivity index (χ0) is 17.1. The predicted molar refractivity (Wildman–Crippen MR) is 115 cm³/mol. The number of aliphatic imine (C=N–C) groups is 1. The van der Waals surface area contributed by atoms with Crippen LogP contribution in [0.4, 0.5) is 0 Å². The molecule has 7 heteroatoms. The van der Waals surface area contributed by atoms with Gasteiger partial charge in [0.05, 0.1) is 23.8 Å². The molecular weight excluding hydrogens is 447 g/mol. The van der Waals surface area contributed by atoms with Gasteiger partial charge in [0.1, 0.15) is 11.3 Å². The fourth-order valence-electron chi connectivity index (χ4n) is 2.70. The topological polar surface area (TPSA) is 53.7 Å². The van der Waals surface area contributed by atoms with E-state index in [1.54, 1.807) is 18.4 Å². The molecule has 25 heavy (non-hydrogen) atoms. The van der Waals surface area contributed by atoms with Crippen LogP contribution in [-0.2, 0) is 13.1 Å². The smallest absolute Gasteiger partial charge is 0.194 e. The Morgan fingerprint density at radius 2 is 2.08 bits per heavy atom. The molecule has 0 atom stereocenters. The molecule has 0 unspecified atom stereocenters. The highest BCUT2D eigenvalue weighted by atomic mass is 127. The van der Waals surface area contributed by atoms with Crippen LogP contribution in [0.15, 0.2) is 39.7 Å². The number of aromatic nitrogens is 1. The van der Waals surface area contributed by atoms with Crippen molar-refractivity contribution in [2.45, 2.75) is 26.9 Å². The molecule has 0 radical (unpaired) electrons. The minimum Gasteiger partial charge on any atom is -0.459 e. The van der Waals surface area contributed by atoms with Crippen molar-refractivity contribution in [3.8, 4) is 0 Å². The molecule has 1 N–H and O–H groups in total. The summed E-state index contributed by atoms with van der Waals surface area (Å²) >= 11 is 1.72. The van der Waals surface area contributed by atoms with Gasteiger partial charge < -0.3 is 14.6 Å². The standard InChI is InChI=1S/C18H22N4OS.HI/c1-12-17(24-13(2)21-12)10-20-18(19-3)22(4)11-15-9-14-7-5-6-8-16(14)23-15;/h5-9H,10-11H2,1-4H3,(H,19,20);1H. The van der Waals surface area contributed by atoms with Crippen LogP contribution < -0.4 is 5.32 Å². The normalized spacial score (nSPS) is 11.4. The summed E-state index contributed by atoms with van der Waals surface area (Å²) in [7, 11) is 3.80. The number of hydrogen-bond acceptors (Lipinski definition) is 4. The number of thiazole rings is 1. The quantitative estimate of drug-likeness (QED) is 0.351. The van der Waals surface area contributed by atoms with Crippen LogP contribution in [0.2, 0.25) is 0 Å². The molecule has 0 amide bonds. The van der Waals surface area contributed by atoms with Crippen LogP contribution in [0.5, 0.6) is 0 Å². The average molecular weight is 470 g/mol. The van der Waals surface area contributed by atoms with E-state index in [1.807, 2.05) is 39.1 Å². The fourth-order valence-corrected chi connectivity index (χ4v) is 3.58. The maximum atomic E-state index is 5.89. The van der Waals surface area contributed by atoms with Crippen LogP contribution in [0, 0.1) is 13.8 Å². The molecule has 134 valence electrons. The van der Waals surface area contributed by atoms with E-state index in [1.165, 1.54) is 4.88 Å². The van der Waals surface area contributed by atoms with Crippen molar-refractivity contribution in [3.05, 3.63) is 51.7 Å². The number of hydrogen-bond donors (Lipinski definition) is 1. The average Bonchev–Trinajstić information content (AvgIpc) is 3.09. The largest absolute Gasteiger partial charge is 0.459 e. The number of rotatable bonds is 4. The van der Waals surface area contributed by atoms with Gasteiger partial charge in [-0.2, -0.15) is 0 Å². The number of nitrogens with zero attached hydrogens (tertiary/aromatic N) is 3.